The first kappa shape index (κ1) is 22.7. The van der Waals surface area contributed by atoms with Gasteiger partial charge in [-0.15, -0.1) is 13.2 Å². The zero-order valence-electron chi connectivity index (χ0n) is 17.7. The summed E-state index contributed by atoms with van der Waals surface area (Å²) in [6.07, 6.45) is 4.37. The van der Waals surface area contributed by atoms with E-state index in [1.807, 2.05) is 30.3 Å². The molecule has 162 valence electrons. The van der Waals surface area contributed by atoms with Crippen LogP contribution in [0.2, 0.25) is 0 Å². The Bertz CT molecular complexity index is 1100. The molecule has 0 unspecified atom stereocenters. The number of amides is 2. The maximum atomic E-state index is 13.8. The minimum absolute atomic E-state index is 0.0358. The average Bonchev–Trinajstić information content (AvgIpc) is 2.81. The van der Waals surface area contributed by atoms with Crippen molar-refractivity contribution in [2.45, 2.75) is 18.3 Å². The Hall–Kier alpha value is -3.99. The third-order valence-electron chi connectivity index (χ3n) is 5.27. The molecular weight excluding hydrogens is 403 g/mol. The quantitative estimate of drug-likeness (QED) is 0.404. The number of halogens is 1. The molecule has 0 aliphatic carbocycles. The molecule has 3 rings (SSSR count). The predicted octanol–water partition coefficient (Wildman–Crippen LogP) is 6.11. The second kappa shape index (κ2) is 10.4. The third kappa shape index (κ3) is 5.01. The van der Waals surface area contributed by atoms with E-state index < -0.39 is 17.1 Å². The van der Waals surface area contributed by atoms with Gasteiger partial charge in [-0.3, -0.25) is 9.59 Å². The summed E-state index contributed by atoms with van der Waals surface area (Å²) in [6, 6.07) is 22.0. The average molecular weight is 429 g/mol. The van der Waals surface area contributed by atoms with Gasteiger partial charge in [0.25, 0.3) is 5.91 Å². The maximum absolute atomic E-state index is 13.8. The van der Waals surface area contributed by atoms with Gasteiger partial charge in [0.1, 0.15) is 5.82 Å². The van der Waals surface area contributed by atoms with Crippen molar-refractivity contribution in [3.63, 3.8) is 0 Å². The van der Waals surface area contributed by atoms with Crippen LogP contribution in [0.4, 0.5) is 15.8 Å². The summed E-state index contributed by atoms with van der Waals surface area (Å²) in [5.41, 5.74) is 1.08. The summed E-state index contributed by atoms with van der Waals surface area (Å²) < 4.78 is 13.8. The van der Waals surface area contributed by atoms with E-state index in [2.05, 4.69) is 23.8 Å². The largest absolute Gasteiger partial charge is 0.325 e. The number of benzene rings is 3. The van der Waals surface area contributed by atoms with Gasteiger partial charge in [0.2, 0.25) is 5.91 Å². The highest BCUT2D eigenvalue weighted by atomic mass is 19.1. The molecule has 0 atom stereocenters. The van der Waals surface area contributed by atoms with Crippen molar-refractivity contribution in [3.05, 3.63) is 121 Å². The Balaban J connectivity index is 1.77. The first-order valence-electron chi connectivity index (χ1n) is 10.2. The van der Waals surface area contributed by atoms with Crippen LogP contribution < -0.4 is 10.6 Å². The minimum atomic E-state index is -0.831. The van der Waals surface area contributed by atoms with Crippen molar-refractivity contribution in [1.82, 2.24) is 0 Å². The number of carbonyl (C=O) groups is 2. The number of rotatable bonds is 9. The monoisotopic (exact) mass is 428 g/mol. The molecule has 3 aromatic rings. The van der Waals surface area contributed by atoms with Crippen LogP contribution in [-0.2, 0) is 10.2 Å². The smallest absolute Gasteiger partial charge is 0.258 e. The molecule has 0 spiro atoms. The van der Waals surface area contributed by atoms with Gasteiger partial charge in [-0.05, 0) is 54.8 Å². The van der Waals surface area contributed by atoms with Gasteiger partial charge in [-0.25, -0.2) is 4.39 Å². The van der Waals surface area contributed by atoms with Gasteiger partial charge in [-0.2, -0.15) is 0 Å². The normalized spacial score (nSPS) is 10.8. The molecule has 32 heavy (non-hydrogen) atoms. The van der Waals surface area contributed by atoms with Crippen LogP contribution in [0.15, 0.2) is 104 Å². The van der Waals surface area contributed by atoms with Gasteiger partial charge >= 0.3 is 0 Å². The van der Waals surface area contributed by atoms with Crippen molar-refractivity contribution in [1.29, 1.82) is 0 Å². The van der Waals surface area contributed by atoms with Crippen LogP contribution in [0.5, 0.6) is 0 Å². The molecule has 0 fully saturated rings. The molecule has 4 nitrogen and oxygen atoms in total. The van der Waals surface area contributed by atoms with E-state index in [0.29, 0.717) is 24.2 Å². The molecule has 0 aliphatic rings. The molecule has 0 aromatic heterocycles. The summed E-state index contributed by atoms with van der Waals surface area (Å²) >= 11 is 0. The van der Waals surface area contributed by atoms with E-state index >= 15 is 0 Å². The lowest BCUT2D eigenvalue weighted by molar-refractivity contribution is -0.121. The second-order valence-electron chi connectivity index (χ2n) is 7.40. The van der Waals surface area contributed by atoms with E-state index in [-0.39, 0.29) is 11.5 Å². The lowest BCUT2D eigenvalue weighted by Gasteiger charge is -2.31. The highest BCUT2D eigenvalue weighted by molar-refractivity contribution is 6.04. The fraction of sp³-hybridized carbons (Fsp3) is 0.111. The number of anilines is 2. The number of nitrogens with one attached hydrogen (secondary N) is 2. The fourth-order valence-electron chi connectivity index (χ4n) is 3.62. The van der Waals surface area contributed by atoms with Crippen molar-refractivity contribution in [2.75, 3.05) is 10.6 Å². The highest BCUT2D eigenvalue weighted by Gasteiger charge is 2.37. The Morgan fingerprint density at radius 2 is 1.31 bits per heavy atom. The van der Waals surface area contributed by atoms with E-state index in [1.165, 1.54) is 18.2 Å². The summed E-state index contributed by atoms with van der Waals surface area (Å²) in [7, 11) is 0. The van der Waals surface area contributed by atoms with Crippen LogP contribution in [0.3, 0.4) is 0 Å². The molecule has 0 saturated heterocycles. The standard InChI is InChI=1S/C27H25FN2O2/c1-3-18-27(19-4-2,20-10-6-5-7-11-20)26(32)30-22-16-14-21(15-17-22)29-25(31)23-12-8-9-13-24(23)28/h3-17H,1-2,18-19H2,(H,29,31)(H,30,32). The maximum Gasteiger partial charge on any atom is 0.258 e. The Morgan fingerprint density at radius 1 is 0.781 bits per heavy atom. The van der Waals surface area contributed by atoms with E-state index in [9.17, 15) is 14.0 Å². The summed E-state index contributed by atoms with van der Waals surface area (Å²) in [4.78, 5) is 25.7. The Kier molecular flexibility index (Phi) is 7.34. The minimum Gasteiger partial charge on any atom is -0.325 e. The van der Waals surface area contributed by atoms with Crippen molar-refractivity contribution in [3.8, 4) is 0 Å². The first-order valence-corrected chi connectivity index (χ1v) is 10.2. The summed E-state index contributed by atoms with van der Waals surface area (Å²) in [5.74, 6) is -1.30. The number of hydrogen-bond donors (Lipinski definition) is 2. The molecule has 3 aromatic carbocycles. The van der Waals surface area contributed by atoms with Gasteiger partial charge in [-0.1, -0.05) is 54.6 Å². The Labute approximate surface area is 187 Å². The lowest BCUT2D eigenvalue weighted by Crippen LogP contribution is -2.39. The number of allylic oxidation sites excluding steroid dienone is 2. The number of hydrogen-bond acceptors (Lipinski definition) is 2. The van der Waals surface area contributed by atoms with E-state index in [4.69, 9.17) is 0 Å². The second-order valence-corrected chi connectivity index (χ2v) is 7.40. The SMILES string of the molecule is C=CCC(CC=C)(C(=O)Nc1ccc(NC(=O)c2ccccc2F)cc1)c1ccccc1. The molecule has 2 amide bonds. The van der Waals surface area contributed by atoms with E-state index in [1.54, 1.807) is 42.5 Å². The van der Waals surface area contributed by atoms with E-state index in [0.717, 1.165) is 5.56 Å². The predicted molar refractivity (Wildman–Crippen MR) is 127 cm³/mol. The lowest BCUT2D eigenvalue weighted by atomic mass is 9.74. The molecule has 0 aliphatic heterocycles. The Morgan fingerprint density at radius 3 is 1.88 bits per heavy atom. The molecular formula is C27H25FN2O2. The van der Waals surface area contributed by atoms with Gasteiger partial charge in [0, 0.05) is 11.4 Å². The van der Waals surface area contributed by atoms with Gasteiger partial charge in [0.05, 0.1) is 11.0 Å². The molecule has 0 heterocycles. The molecule has 5 heteroatoms. The topological polar surface area (TPSA) is 58.2 Å². The zero-order valence-corrected chi connectivity index (χ0v) is 17.7. The molecule has 0 bridgehead atoms. The van der Waals surface area contributed by atoms with Crippen LogP contribution in [-0.4, -0.2) is 11.8 Å². The number of carbonyl (C=O) groups excluding carboxylic acids is 2. The first-order chi connectivity index (χ1) is 15.5. The third-order valence-corrected chi connectivity index (χ3v) is 5.27. The molecule has 2 N–H and O–H groups in total. The highest BCUT2D eigenvalue weighted by Crippen LogP contribution is 2.34. The van der Waals surface area contributed by atoms with Crippen LogP contribution in [0, 0.1) is 5.82 Å². The van der Waals surface area contributed by atoms with Crippen molar-refractivity contribution in [2.24, 2.45) is 0 Å². The van der Waals surface area contributed by atoms with Crippen LogP contribution >= 0.6 is 0 Å². The van der Waals surface area contributed by atoms with Crippen LogP contribution in [0.1, 0.15) is 28.8 Å². The molecule has 0 radical (unpaired) electrons. The van der Waals surface area contributed by atoms with Gasteiger partial charge in [0.15, 0.2) is 0 Å². The van der Waals surface area contributed by atoms with Crippen molar-refractivity contribution >= 4 is 23.2 Å². The summed E-state index contributed by atoms with van der Waals surface area (Å²) in [6.45, 7) is 7.66. The summed E-state index contributed by atoms with van der Waals surface area (Å²) in [5, 5.41) is 5.62. The van der Waals surface area contributed by atoms with Crippen LogP contribution in [0.25, 0.3) is 0 Å². The molecule has 0 saturated carbocycles. The van der Waals surface area contributed by atoms with Crippen molar-refractivity contribution < 1.29 is 14.0 Å². The fourth-order valence-corrected chi connectivity index (χ4v) is 3.62. The van der Waals surface area contributed by atoms with Gasteiger partial charge < -0.3 is 10.6 Å². The zero-order chi connectivity index (χ0) is 23.0.